The van der Waals surface area contributed by atoms with Gasteiger partial charge < -0.3 is 29.5 Å². The average molecular weight is 357 g/mol. The highest BCUT2D eigenvalue weighted by molar-refractivity contribution is 9.09. The lowest BCUT2D eigenvalue weighted by Gasteiger charge is -2.39. The largest absolute Gasteiger partial charge is 0.462 e. The van der Waals surface area contributed by atoms with Gasteiger partial charge in [-0.1, -0.05) is 29.3 Å². The lowest BCUT2D eigenvalue weighted by molar-refractivity contribution is -0.301. The van der Waals surface area contributed by atoms with Gasteiger partial charge in [0.05, 0.1) is 0 Å². The summed E-state index contributed by atoms with van der Waals surface area (Å²) in [6.45, 7) is 2.14. The van der Waals surface area contributed by atoms with Crippen molar-refractivity contribution in [3.05, 3.63) is 0 Å². The van der Waals surface area contributed by atoms with Crippen LogP contribution in [-0.4, -0.2) is 70.5 Å². The van der Waals surface area contributed by atoms with Gasteiger partial charge in [0, 0.05) is 6.61 Å². The number of hydrogen-bond acceptors (Lipinski definition) is 7. The molecule has 1 heterocycles. The van der Waals surface area contributed by atoms with Gasteiger partial charge in [0.2, 0.25) is 0 Å². The maximum Gasteiger partial charge on any atom is 0.316 e. The van der Waals surface area contributed by atoms with Crippen molar-refractivity contribution < 1.29 is 34.3 Å². The Labute approximate surface area is 126 Å². The first-order valence-corrected chi connectivity index (χ1v) is 7.66. The summed E-state index contributed by atoms with van der Waals surface area (Å²) in [6, 6.07) is 0. The second kappa shape index (κ2) is 8.91. The maximum absolute atomic E-state index is 11.0. The predicted molar refractivity (Wildman–Crippen MR) is 72.3 cm³/mol. The van der Waals surface area contributed by atoms with Crippen molar-refractivity contribution in [1.29, 1.82) is 0 Å². The van der Waals surface area contributed by atoms with E-state index in [0.717, 1.165) is 12.8 Å². The summed E-state index contributed by atoms with van der Waals surface area (Å²) in [4.78, 5) is 11.0. The van der Waals surface area contributed by atoms with Crippen LogP contribution >= 0.6 is 15.9 Å². The van der Waals surface area contributed by atoms with Gasteiger partial charge in [-0.3, -0.25) is 4.79 Å². The molecule has 0 radical (unpaired) electrons. The van der Waals surface area contributed by atoms with Gasteiger partial charge in [-0.05, 0) is 6.42 Å². The van der Waals surface area contributed by atoms with E-state index in [9.17, 15) is 20.1 Å². The molecule has 0 aromatic carbocycles. The van der Waals surface area contributed by atoms with Crippen molar-refractivity contribution in [1.82, 2.24) is 0 Å². The van der Waals surface area contributed by atoms with E-state index >= 15 is 0 Å². The molecule has 1 aliphatic heterocycles. The van der Waals surface area contributed by atoms with Crippen molar-refractivity contribution in [3.63, 3.8) is 0 Å². The molecule has 0 amide bonds. The summed E-state index contributed by atoms with van der Waals surface area (Å²) >= 11 is 2.94. The van der Waals surface area contributed by atoms with E-state index in [1.54, 1.807) is 0 Å². The minimum Gasteiger partial charge on any atom is -0.462 e. The predicted octanol–water partition coefficient (Wildman–Crippen LogP) is -0.451. The van der Waals surface area contributed by atoms with Crippen LogP contribution in [0.25, 0.3) is 0 Å². The standard InChI is InChI=1S/C12H21BrO7/c1-2-3-4-18-12-11(17)10(16)9(15)7(20-12)6-19-8(14)5-13/h7,9-12,15-17H,2-6H2,1H3/t7-,9-,10+,11-,12+/m1/s1. The van der Waals surface area contributed by atoms with Crippen LogP contribution in [0.15, 0.2) is 0 Å². The molecule has 1 saturated heterocycles. The summed E-state index contributed by atoms with van der Waals surface area (Å²) in [5, 5.41) is 29.3. The monoisotopic (exact) mass is 356 g/mol. The molecule has 0 unspecified atom stereocenters. The van der Waals surface area contributed by atoms with Crippen LogP contribution in [0.2, 0.25) is 0 Å². The van der Waals surface area contributed by atoms with Gasteiger partial charge in [-0.15, -0.1) is 0 Å². The van der Waals surface area contributed by atoms with Gasteiger partial charge in [0.15, 0.2) is 6.29 Å². The van der Waals surface area contributed by atoms with Crippen molar-refractivity contribution >= 4 is 21.9 Å². The Kier molecular flexibility index (Phi) is 7.93. The first-order chi connectivity index (χ1) is 9.51. The highest BCUT2D eigenvalue weighted by Gasteiger charge is 2.44. The van der Waals surface area contributed by atoms with E-state index in [2.05, 4.69) is 15.9 Å². The third-order valence-corrected chi connectivity index (χ3v) is 3.42. The molecule has 0 spiro atoms. The number of carbonyl (C=O) groups is 1. The highest BCUT2D eigenvalue weighted by atomic mass is 79.9. The molecule has 1 fully saturated rings. The average Bonchev–Trinajstić information content (AvgIpc) is 2.45. The molecule has 7 nitrogen and oxygen atoms in total. The maximum atomic E-state index is 11.0. The van der Waals surface area contributed by atoms with Crippen molar-refractivity contribution in [2.75, 3.05) is 18.5 Å². The van der Waals surface area contributed by atoms with Gasteiger partial charge in [-0.25, -0.2) is 0 Å². The van der Waals surface area contributed by atoms with Gasteiger partial charge in [-0.2, -0.15) is 0 Å². The van der Waals surface area contributed by atoms with Crippen LogP contribution in [0.3, 0.4) is 0 Å². The fraction of sp³-hybridized carbons (Fsp3) is 0.917. The van der Waals surface area contributed by atoms with Gasteiger partial charge in [0.25, 0.3) is 0 Å². The number of alkyl halides is 1. The molecule has 3 N–H and O–H groups in total. The Hall–Kier alpha value is -0.250. The zero-order valence-corrected chi connectivity index (χ0v) is 12.9. The second-order valence-electron chi connectivity index (χ2n) is 4.56. The molecule has 1 rings (SSSR count). The van der Waals surface area contributed by atoms with Crippen molar-refractivity contribution in [2.24, 2.45) is 0 Å². The Morgan fingerprint density at radius 1 is 1.25 bits per heavy atom. The Bertz CT molecular complexity index is 302. The first-order valence-electron chi connectivity index (χ1n) is 6.54. The molecule has 0 saturated carbocycles. The fourth-order valence-corrected chi connectivity index (χ4v) is 1.91. The Morgan fingerprint density at radius 2 is 1.95 bits per heavy atom. The molecule has 118 valence electrons. The van der Waals surface area contributed by atoms with Gasteiger partial charge >= 0.3 is 5.97 Å². The molecular formula is C12H21BrO7. The number of unbranched alkanes of at least 4 members (excludes halogenated alkanes) is 1. The van der Waals surface area contributed by atoms with Crippen LogP contribution in [0.1, 0.15) is 19.8 Å². The third-order valence-electron chi connectivity index (χ3n) is 2.97. The third kappa shape index (κ3) is 4.94. The summed E-state index contributed by atoms with van der Waals surface area (Å²) < 4.78 is 15.5. The molecule has 5 atom stereocenters. The minimum atomic E-state index is -1.41. The Balaban J connectivity index is 2.54. The molecule has 1 aliphatic rings. The van der Waals surface area contributed by atoms with Crippen LogP contribution in [0.4, 0.5) is 0 Å². The fourth-order valence-electron chi connectivity index (χ4n) is 1.75. The molecule has 20 heavy (non-hydrogen) atoms. The van der Waals surface area contributed by atoms with E-state index in [1.807, 2.05) is 6.92 Å². The lowest BCUT2D eigenvalue weighted by atomic mass is 9.99. The SMILES string of the molecule is CCCCO[C@H]1O[C@H](COC(=O)CBr)[C@@H](O)[C@H](O)[C@H]1O. The normalized spacial score (nSPS) is 34.0. The number of carbonyl (C=O) groups excluding carboxylic acids is 1. The molecule has 0 aromatic heterocycles. The van der Waals surface area contributed by atoms with E-state index < -0.39 is 36.7 Å². The molecular weight excluding hydrogens is 336 g/mol. The molecule has 0 bridgehead atoms. The summed E-state index contributed by atoms with van der Waals surface area (Å²) in [6.07, 6.45) is -4.39. The topological polar surface area (TPSA) is 105 Å². The number of aliphatic hydroxyl groups is 3. The summed E-state index contributed by atoms with van der Waals surface area (Å²) in [5.74, 6) is -0.509. The van der Waals surface area contributed by atoms with Crippen LogP contribution in [0.5, 0.6) is 0 Å². The molecule has 8 heteroatoms. The van der Waals surface area contributed by atoms with Crippen LogP contribution < -0.4 is 0 Å². The number of ether oxygens (including phenoxy) is 3. The summed E-state index contributed by atoms with van der Waals surface area (Å²) in [5.41, 5.74) is 0. The quantitative estimate of drug-likeness (QED) is 0.322. The van der Waals surface area contributed by atoms with E-state index in [-0.39, 0.29) is 11.9 Å². The van der Waals surface area contributed by atoms with Crippen LogP contribution in [0, 0.1) is 0 Å². The summed E-state index contributed by atoms with van der Waals surface area (Å²) in [7, 11) is 0. The smallest absolute Gasteiger partial charge is 0.316 e. The second-order valence-corrected chi connectivity index (χ2v) is 5.12. The minimum absolute atomic E-state index is 0.0252. The Morgan fingerprint density at radius 3 is 2.55 bits per heavy atom. The van der Waals surface area contributed by atoms with Gasteiger partial charge in [0.1, 0.15) is 36.4 Å². The zero-order chi connectivity index (χ0) is 15.1. The lowest BCUT2D eigenvalue weighted by Crippen LogP contribution is -2.59. The number of rotatable bonds is 7. The van der Waals surface area contributed by atoms with E-state index in [1.165, 1.54) is 0 Å². The van der Waals surface area contributed by atoms with Crippen molar-refractivity contribution in [2.45, 2.75) is 50.5 Å². The molecule has 0 aliphatic carbocycles. The molecule has 0 aromatic rings. The number of hydrogen-bond donors (Lipinski definition) is 3. The first kappa shape index (κ1) is 17.8. The number of aliphatic hydroxyl groups excluding tert-OH is 3. The van der Waals surface area contributed by atoms with Crippen molar-refractivity contribution in [3.8, 4) is 0 Å². The van der Waals surface area contributed by atoms with E-state index in [4.69, 9.17) is 14.2 Å². The number of esters is 1. The highest BCUT2D eigenvalue weighted by Crippen LogP contribution is 2.22. The zero-order valence-electron chi connectivity index (χ0n) is 11.3. The van der Waals surface area contributed by atoms with Crippen LogP contribution in [-0.2, 0) is 19.0 Å². The number of halogens is 1. The van der Waals surface area contributed by atoms with E-state index in [0.29, 0.717) is 6.61 Å².